The molecule has 0 bridgehead atoms. The van der Waals surface area contributed by atoms with Gasteiger partial charge in [-0.2, -0.15) is 0 Å². The first-order valence-electron chi connectivity index (χ1n) is 2.49. The molecular weight excluding hydrogens is 208 g/mol. The highest BCUT2D eigenvalue weighted by Crippen LogP contribution is 1.93. The number of nitrogens with one attached hydrogen (secondary N) is 2. The molecule has 0 spiro atoms. The number of rotatable bonds is 0. The van der Waals surface area contributed by atoms with Crippen LogP contribution in [0.1, 0.15) is 51.0 Å². The molecule has 1 rings (SSSR count). The molecule has 5 heteroatoms. The highest BCUT2D eigenvalue weighted by atomic mass is 16.5. The van der Waals surface area contributed by atoms with E-state index < -0.39 is 0 Å². The Bertz CT molecular complexity index is 107. The molecule has 0 atom stereocenters. The lowest BCUT2D eigenvalue weighted by Crippen LogP contribution is -2.09. The van der Waals surface area contributed by atoms with Crippen molar-refractivity contribution in [3.63, 3.8) is 0 Å². The van der Waals surface area contributed by atoms with Crippen LogP contribution in [0.4, 0.5) is 0 Å². The lowest BCUT2D eigenvalue weighted by atomic mass is 10.4. The molecule has 1 aliphatic rings. The maximum absolute atomic E-state index is 8.35. The van der Waals surface area contributed by atoms with E-state index in [1.54, 1.807) is 0 Å². The van der Waals surface area contributed by atoms with Crippen LogP contribution in [-0.2, 0) is 14.3 Å². The highest BCUT2D eigenvalue weighted by Gasteiger charge is 1.94. The van der Waals surface area contributed by atoms with E-state index in [0.29, 0.717) is 0 Å². The second kappa shape index (κ2) is 99.6. The summed E-state index contributed by atoms with van der Waals surface area (Å²) in [6.07, 6.45) is 2.78. The first kappa shape index (κ1) is 61.4. The van der Waals surface area contributed by atoms with Crippen LogP contribution in [0.15, 0.2) is 0 Å². The van der Waals surface area contributed by atoms with Crippen molar-refractivity contribution >= 4 is 12.2 Å². The van der Waals surface area contributed by atoms with Crippen molar-refractivity contribution in [2.45, 2.75) is 51.0 Å². The summed E-state index contributed by atoms with van der Waals surface area (Å²) < 4.78 is 4.72. The zero-order valence-corrected chi connectivity index (χ0v) is 5.35. The summed E-state index contributed by atoms with van der Waals surface area (Å²) in [7, 11) is 0. The van der Waals surface area contributed by atoms with Gasteiger partial charge in [-0.25, -0.2) is 20.4 Å². The molecule has 1 fully saturated rings. The van der Waals surface area contributed by atoms with Crippen LogP contribution < -0.4 is 0 Å². The van der Waals surface area contributed by atoms with Crippen LogP contribution in [-0.4, -0.2) is 25.4 Å². The molecule has 1 saturated heterocycles. The Morgan fingerprint density at radius 2 is 0.812 bits per heavy atom. The van der Waals surface area contributed by atoms with E-state index in [0.717, 1.165) is 25.4 Å². The van der Waals surface area contributed by atoms with Gasteiger partial charge in [0.15, 0.2) is 0 Å². The molecule has 0 radical (unpaired) electrons. The Labute approximate surface area is 102 Å². The number of hydrogen-bond donors (Lipinski definition) is 2. The van der Waals surface area contributed by atoms with Gasteiger partial charge < -0.3 is 4.74 Å². The van der Waals surface area contributed by atoms with Crippen molar-refractivity contribution in [3.8, 4) is 0 Å². The zero-order chi connectivity index (χ0) is 8.24. The Morgan fingerprint density at radius 1 is 0.750 bits per heavy atom. The molecule has 104 valence electrons. The summed E-state index contributed by atoms with van der Waals surface area (Å²) in [5.41, 5.74) is 0. The molecule has 0 aromatic carbocycles. The van der Waals surface area contributed by atoms with E-state index >= 15 is 0 Å². The third-order valence-corrected chi connectivity index (χ3v) is 0.577. The van der Waals surface area contributed by atoms with Gasteiger partial charge in [-0.05, 0) is 6.42 Å². The minimum Gasteiger partial charge on any atom is -0.381 e. The normalized spacial score (nSPS) is 7.00. The minimum atomic E-state index is 0. The molecule has 2 N–H and O–H groups in total. The van der Waals surface area contributed by atoms with Crippen molar-refractivity contribution < 1.29 is 14.3 Å². The van der Waals surface area contributed by atoms with Gasteiger partial charge in [0.1, 0.15) is 0 Å². The van der Waals surface area contributed by atoms with Gasteiger partial charge in [0.2, 0.25) is 12.2 Å². The molecule has 1 heterocycles. The second-order valence-corrected chi connectivity index (χ2v) is 1.17. The van der Waals surface area contributed by atoms with Crippen molar-refractivity contribution in [2.75, 3.05) is 13.2 Å². The Balaban J connectivity index is -0.00000000855. The van der Waals surface area contributed by atoms with E-state index in [2.05, 4.69) is 0 Å². The third-order valence-electron chi connectivity index (χ3n) is 0.577. The van der Waals surface area contributed by atoms with Gasteiger partial charge in [0.05, 0.1) is 0 Å². The molecule has 0 aromatic heterocycles. The predicted octanol–water partition coefficient (Wildman–Crippen LogP) is 4.03. The van der Waals surface area contributed by atoms with Crippen LogP contribution in [0.2, 0.25) is 0 Å². The Hall–Kier alpha value is -1.28. The average Bonchev–Trinajstić information content (AvgIpc) is 1.62. The van der Waals surface area contributed by atoms with E-state index in [-0.39, 0.29) is 44.6 Å². The van der Waals surface area contributed by atoms with Crippen LogP contribution in [0.25, 0.3) is 0 Å². The Kier molecular flexibility index (Phi) is 382. The summed E-state index contributed by atoms with van der Waals surface area (Å²) in [4.78, 5) is 16.7. The molecular formula is C11H32N2O3. The smallest absolute Gasteiger partial charge is 0.231 e. The van der Waals surface area contributed by atoms with Gasteiger partial charge in [0, 0.05) is 13.2 Å². The summed E-state index contributed by atoms with van der Waals surface area (Å²) in [5.74, 6) is 0. The molecule has 0 amide bonds. The Morgan fingerprint density at radius 3 is 0.812 bits per heavy atom. The SMILES string of the molecule is C.C.C.C.C.C.C1COC1.N=C=O.N=C=O. The molecule has 5 nitrogen and oxygen atoms in total. The predicted molar refractivity (Wildman–Crippen MR) is 72.6 cm³/mol. The minimum absolute atomic E-state index is 0. The average molecular weight is 240 g/mol. The maximum atomic E-state index is 8.35. The number of carbonyl (C=O) groups excluding carboxylic acids is 2. The fraction of sp³-hybridized carbons (Fsp3) is 0.818. The molecule has 1 aliphatic heterocycles. The van der Waals surface area contributed by atoms with Gasteiger partial charge in [-0.3, -0.25) is 0 Å². The number of hydrogen-bond acceptors (Lipinski definition) is 5. The van der Waals surface area contributed by atoms with Gasteiger partial charge in [0.25, 0.3) is 0 Å². The molecule has 0 aromatic rings. The van der Waals surface area contributed by atoms with Crippen molar-refractivity contribution in [2.24, 2.45) is 0 Å². The number of isocyanates is 2. The lowest BCUT2D eigenvalue weighted by molar-refractivity contribution is 0.0367. The van der Waals surface area contributed by atoms with E-state index in [4.69, 9.17) is 25.1 Å². The molecule has 0 aliphatic carbocycles. The lowest BCUT2D eigenvalue weighted by Gasteiger charge is -2.09. The molecule has 0 saturated carbocycles. The molecule has 0 unspecified atom stereocenters. The van der Waals surface area contributed by atoms with Crippen LogP contribution >= 0.6 is 0 Å². The van der Waals surface area contributed by atoms with Crippen molar-refractivity contribution in [1.29, 1.82) is 10.8 Å². The topological polar surface area (TPSA) is 91.1 Å². The first-order valence-corrected chi connectivity index (χ1v) is 2.49. The van der Waals surface area contributed by atoms with E-state index in [1.807, 2.05) is 0 Å². The van der Waals surface area contributed by atoms with Gasteiger partial charge in [-0.15, -0.1) is 0 Å². The highest BCUT2D eigenvalue weighted by molar-refractivity contribution is 5.26. The monoisotopic (exact) mass is 240 g/mol. The fourth-order valence-corrected chi connectivity index (χ4v) is 0.144. The third kappa shape index (κ3) is 236. The summed E-state index contributed by atoms with van der Waals surface area (Å²) in [5, 5.41) is 10.8. The quantitative estimate of drug-likeness (QED) is 0.494. The van der Waals surface area contributed by atoms with Crippen LogP contribution in [0, 0.1) is 10.8 Å². The van der Waals surface area contributed by atoms with E-state index in [1.165, 1.54) is 6.42 Å². The first-order chi connectivity index (χ1) is 4.83. The zero-order valence-electron chi connectivity index (χ0n) is 5.35. The summed E-state index contributed by atoms with van der Waals surface area (Å²) in [6.45, 7) is 2.00. The van der Waals surface area contributed by atoms with Crippen LogP contribution in [0.3, 0.4) is 0 Å². The van der Waals surface area contributed by atoms with E-state index in [9.17, 15) is 0 Å². The second-order valence-electron chi connectivity index (χ2n) is 1.17. The van der Waals surface area contributed by atoms with Gasteiger partial charge >= 0.3 is 0 Å². The standard InChI is InChI=1S/C3H6O.2CHNO.6CH4/c1-2-4-3-1;2*2-1-3;;;;;;/h1-3H2;2*2H;6*1H4. The number of ether oxygens (including phenoxy) is 1. The van der Waals surface area contributed by atoms with Crippen molar-refractivity contribution in [3.05, 3.63) is 0 Å². The summed E-state index contributed by atoms with van der Waals surface area (Å²) >= 11 is 0. The summed E-state index contributed by atoms with van der Waals surface area (Å²) in [6, 6.07) is 0. The van der Waals surface area contributed by atoms with Gasteiger partial charge in [-0.1, -0.05) is 44.6 Å². The van der Waals surface area contributed by atoms with Crippen LogP contribution in [0.5, 0.6) is 0 Å². The largest absolute Gasteiger partial charge is 0.381 e. The fourth-order valence-electron chi connectivity index (χ4n) is 0.144. The maximum Gasteiger partial charge on any atom is 0.231 e. The van der Waals surface area contributed by atoms with Crippen molar-refractivity contribution in [1.82, 2.24) is 0 Å². The molecule has 16 heavy (non-hydrogen) atoms.